The van der Waals surface area contributed by atoms with E-state index in [9.17, 15) is 14.4 Å². The van der Waals surface area contributed by atoms with Gasteiger partial charge in [0, 0.05) is 17.3 Å². The fraction of sp³-hybridized carbons (Fsp3) is 0.321. The standard InChI is InChI=1S/C28H31N3O6S/c1-5-28(2,3)30-27(34)25(18-8-6-9-20(14-18)35-4)31(19-11-12-21-22(15-19)37-17-36-21)24(32)16-29-26(33)23-10-7-13-38-23/h6-15,25H,5,16-17H2,1-4H3,(H,29,33)(H,30,34)/t25-/m0/s1. The van der Waals surface area contributed by atoms with E-state index >= 15 is 0 Å². The van der Waals surface area contributed by atoms with Crippen LogP contribution in [0.1, 0.15) is 48.5 Å². The summed E-state index contributed by atoms with van der Waals surface area (Å²) in [5, 5.41) is 7.54. The first-order valence-corrected chi connectivity index (χ1v) is 13.1. The van der Waals surface area contributed by atoms with Gasteiger partial charge in [0.05, 0.1) is 18.5 Å². The molecule has 0 bridgehead atoms. The van der Waals surface area contributed by atoms with Gasteiger partial charge in [-0.2, -0.15) is 0 Å². The number of thiophene rings is 1. The second kappa shape index (κ2) is 11.6. The Bertz CT molecular complexity index is 1310. The molecule has 2 aromatic carbocycles. The molecule has 0 radical (unpaired) electrons. The van der Waals surface area contributed by atoms with Crippen LogP contribution in [0.5, 0.6) is 17.2 Å². The van der Waals surface area contributed by atoms with Gasteiger partial charge >= 0.3 is 0 Å². The SMILES string of the molecule is CCC(C)(C)NC(=O)[C@H](c1cccc(OC)c1)N(C(=O)CNC(=O)c1cccs1)c1ccc2c(c1)OCO2. The number of rotatable bonds is 10. The highest BCUT2D eigenvalue weighted by atomic mass is 32.1. The third kappa shape index (κ3) is 6.08. The van der Waals surface area contributed by atoms with Gasteiger partial charge in [-0.05, 0) is 61.5 Å². The number of amides is 3. The van der Waals surface area contributed by atoms with E-state index in [0.29, 0.717) is 39.8 Å². The summed E-state index contributed by atoms with van der Waals surface area (Å²) in [7, 11) is 1.54. The molecule has 0 unspecified atom stereocenters. The number of fused-ring (bicyclic) bond motifs is 1. The van der Waals surface area contributed by atoms with Crippen molar-refractivity contribution in [1.82, 2.24) is 10.6 Å². The lowest BCUT2D eigenvalue weighted by molar-refractivity contribution is -0.127. The zero-order valence-electron chi connectivity index (χ0n) is 21.8. The van der Waals surface area contributed by atoms with Gasteiger partial charge in [-0.3, -0.25) is 19.3 Å². The third-order valence-corrected chi connectivity index (χ3v) is 7.18. The molecular formula is C28H31N3O6S. The maximum absolute atomic E-state index is 13.9. The molecule has 3 aromatic rings. The number of nitrogens with zero attached hydrogens (tertiary/aromatic N) is 1. The van der Waals surface area contributed by atoms with E-state index < -0.39 is 17.5 Å². The number of nitrogens with one attached hydrogen (secondary N) is 2. The van der Waals surface area contributed by atoms with Crippen LogP contribution in [0.4, 0.5) is 5.69 Å². The first-order valence-electron chi connectivity index (χ1n) is 12.2. The summed E-state index contributed by atoms with van der Waals surface area (Å²) in [4.78, 5) is 42.2. The van der Waals surface area contributed by atoms with E-state index in [4.69, 9.17) is 14.2 Å². The summed E-state index contributed by atoms with van der Waals surface area (Å²) in [6.07, 6.45) is 0.679. The maximum atomic E-state index is 13.9. The van der Waals surface area contributed by atoms with Gasteiger partial charge in [-0.15, -0.1) is 11.3 Å². The first kappa shape index (κ1) is 27.0. The van der Waals surface area contributed by atoms with Crippen molar-refractivity contribution in [3.05, 3.63) is 70.4 Å². The van der Waals surface area contributed by atoms with Crippen LogP contribution in [-0.2, 0) is 9.59 Å². The zero-order valence-corrected chi connectivity index (χ0v) is 22.6. The van der Waals surface area contributed by atoms with Crippen LogP contribution in [0.3, 0.4) is 0 Å². The normalized spacial score (nSPS) is 12.9. The number of hydrogen-bond acceptors (Lipinski definition) is 7. The van der Waals surface area contributed by atoms with E-state index in [1.54, 1.807) is 60.0 Å². The molecule has 0 saturated carbocycles. The summed E-state index contributed by atoms with van der Waals surface area (Å²) in [5.74, 6) is 0.322. The van der Waals surface area contributed by atoms with Crippen molar-refractivity contribution in [2.75, 3.05) is 25.3 Å². The number of methoxy groups -OCH3 is 1. The number of carbonyl (C=O) groups excluding carboxylic acids is 3. The number of ether oxygens (including phenoxy) is 3. The van der Waals surface area contributed by atoms with Crippen molar-refractivity contribution in [3.8, 4) is 17.2 Å². The van der Waals surface area contributed by atoms with Crippen molar-refractivity contribution >= 4 is 34.7 Å². The number of benzene rings is 2. The first-order chi connectivity index (χ1) is 18.2. The monoisotopic (exact) mass is 537 g/mol. The van der Waals surface area contributed by atoms with Crippen molar-refractivity contribution < 1.29 is 28.6 Å². The Hall–Kier alpha value is -4.05. The molecule has 0 saturated heterocycles. The van der Waals surface area contributed by atoms with Gasteiger partial charge < -0.3 is 24.8 Å². The van der Waals surface area contributed by atoms with Gasteiger partial charge in [0.25, 0.3) is 5.91 Å². The minimum atomic E-state index is -1.07. The van der Waals surface area contributed by atoms with Crippen molar-refractivity contribution in [2.24, 2.45) is 0 Å². The molecule has 0 fully saturated rings. The van der Waals surface area contributed by atoms with Crippen molar-refractivity contribution in [3.63, 3.8) is 0 Å². The highest BCUT2D eigenvalue weighted by Crippen LogP contribution is 2.38. The summed E-state index contributed by atoms with van der Waals surface area (Å²) in [6, 6.07) is 14.4. The molecule has 38 heavy (non-hydrogen) atoms. The second-order valence-electron chi connectivity index (χ2n) is 9.37. The second-order valence-corrected chi connectivity index (χ2v) is 10.3. The van der Waals surface area contributed by atoms with Crippen LogP contribution in [0.2, 0.25) is 0 Å². The highest BCUT2D eigenvalue weighted by Gasteiger charge is 2.36. The smallest absolute Gasteiger partial charge is 0.261 e. The maximum Gasteiger partial charge on any atom is 0.261 e. The molecule has 1 atom stereocenters. The average molecular weight is 538 g/mol. The molecule has 4 rings (SSSR count). The minimum Gasteiger partial charge on any atom is -0.497 e. The predicted molar refractivity (Wildman–Crippen MR) is 145 cm³/mol. The Morgan fingerprint density at radius 3 is 2.58 bits per heavy atom. The predicted octanol–water partition coefficient (Wildman–Crippen LogP) is 4.29. The van der Waals surface area contributed by atoms with E-state index in [2.05, 4.69) is 10.6 Å². The minimum absolute atomic E-state index is 0.0636. The molecule has 0 aliphatic carbocycles. The Labute approximate surface area is 225 Å². The lowest BCUT2D eigenvalue weighted by atomic mass is 9.98. The van der Waals surface area contributed by atoms with Crippen molar-refractivity contribution in [2.45, 2.75) is 38.8 Å². The average Bonchev–Trinajstić information content (AvgIpc) is 3.62. The highest BCUT2D eigenvalue weighted by molar-refractivity contribution is 7.12. The van der Waals surface area contributed by atoms with Crippen LogP contribution in [-0.4, -0.2) is 43.7 Å². The van der Waals surface area contributed by atoms with Crippen LogP contribution < -0.4 is 29.7 Å². The van der Waals surface area contributed by atoms with Gasteiger partial charge in [-0.25, -0.2) is 0 Å². The van der Waals surface area contributed by atoms with Gasteiger partial charge in [-0.1, -0.05) is 25.1 Å². The van der Waals surface area contributed by atoms with E-state index in [1.807, 2.05) is 20.8 Å². The lowest BCUT2D eigenvalue weighted by Gasteiger charge is -2.34. The Balaban J connectivity index is 1.76. The summed E-state index contributed by atoms with van der Waals surface area (Å²) in [6.45, 7) is 5.55. The van der Waals surface area contributed by atoms with Crippen LogP contribution in [0.15, 0.2) is 60.0 Å². The van der Waals surface area contributed by atoms with Gasteiger partial charge in [0.2, 0.25) is 18.6 Å². The van der Waals surface area contributed by atoms with E-state index in [0.717, 1.165) is 0 Å². The van der Waals surface area contributed by atoms with Crippen LogP contribution in [0.25, 0.3) is 0 Å². The largest absolute Gasteiger partial charge is 0.497 e. The fourth-order valence-electron chi connectivity index (χ4n) is 3.93. The van der Waals surface area contributed by atoms with Crippen LogP contribution >= 0.6 is 11.3 Å². The van der Waals surface area contributed by atoms with E-state index in [1.165, 1.54) is 23.3 Å². The van der Waals surface area contributed by atoms with Crippen LogP contribution in [0, 0.1) is 0 Å². The molecule has 2 N–H and O–H groups in total. The molecule has 2 heterocycles. The molecular weight excluding hydrogens is 506 g/mol. The Morgan fingerprint density at radius 1 is 1.08 bits per heavy atom. The topological polar surface area (TPSA) is 106 Å². The Morgan fingerprint density at radius 2 is 1.87 bits per heavy atom. The molecule has 0 spiro atoms. The van der Waals surface area contributed by atoms with E-state index in [-0.39, 0.29) is 25.2 Å². The summed E-state index contributed by atoms with van der Waals surface area (Å²) >= 11 is 1.28. The summed E-state index contributed by atoms with van der Waals surface area (Å²) < 4.78 is 16.4. The number of carbonyl (C=O) groups is 3. The molecule has 3 amide bonds. The fourth-order valence-corrected chi connectivity index (χ4v) is 4.57. The molecule has 200 valence electrons. The third-order valence-electron chi connectivity index (χ3n) is 6.31. The molecule has 9 nitrogen and oxygen atoms in total. The number of hydrogen-bond donors (Lipinski definition) is 2. The van der Waals surface area contributed by atoms with Gasteiger partial charge in [0.1, 0.15) is 11.8 Å². The lowest BCUT2D eigenvalue weighted by Crippen LogP contribution is -2.52. The number of anilines is 1. The molecule has 10 heteroatoms. The quantitative estimate of drug-likeness (QED) is 0.400. The van der Waals surface area contributed by atoms with Gasteiger partial charge in [0.15, 0.2) is 11.5 Å². The zero-order chi connectivity index (χ0) is 27.3. The summed E-state index contributed by atoms with van der Waals surface area (Å²) in [5.41, 5.74) is 0.441. The van der Waals surface area contributed by atoms with Crippen molar-refractivity contribution in [1.29, 1.82) is 0 Å². The molecule has 1 aliphatic rings. The molecule has 1 aliphatic heterocycles. The molecule has 1 aromatic heterocycles. The Kier molecular flexibility index (Phi) is 8.21.